The molecule has 4 nitrogen and oxygen atoms in total. The lowest BCUT2D eigenvalue weighted by Crippen LogP contribution is -2.00. The van der Waals surface area contributed by atoms with Crippen molar-refractivity contribution in [1.82, 2.24) is 15.0 Å². The van der Waals surface area contributed by atoms with Gasteiger partial charge in [-0.2, -0.15) is 0 Å². The molecule has 16 heavy (non-hydrogen) atoms. The highest BCUT2D eigenvalue weighted by Crippen LogP contribution is 2.15. The van der Waals surface area contributed by atoms with Crippen LogP contribution >= 0.6 is 27.3 Å². The Morgan fingerprint density at radius 3 is 2.94 bits per heavy atom. The molecule has 84 valence electrons. The van der Waals surface area contributed by atoms with Crippen LogP contribution in [0.1, 0.15) is 16.8 Å². The van der Waals surface area contributed by atoms with Crippen LogP contribution in [0.2, 0.25) is 0 Å². The second kappa shape index (κ2) is 5.36. The summed E-state index contributed by atoms with van der Waals surface area (Å²) < 4.78 is 0.776. The van der Waals surface area contributed by atoms with Crippen molar-refractivity contribution in [2.24, 2.45) is 0 Å². The number of rotatable bonds is 4. The molecule has 0 atom stereocenters. The van der Waals surface area contributed by atoms with Crippen molar-refractivity contribution in [3.63, 3.8) is 0 Å². The summed E-state index contributed by atoms with van der Waals surface area (Å²) in [6.07, 6.45) is 4.49. The zero-order valence-electron chi connectivity index (χ0n) is 8.77. The van der Waals surface area contributed by atoms with E-state index < -0.39 is 0 Å². The van der Waals surface area contributed by atoms with Gasteiger partial charge in [0.15, 0.2) is 0 Å². The van der Waals surface area contributed by atoms with Crippen LogP contribution in [0.25, 0.3) is 0 Å². The summed E-state index contributed by atoms with van der Waals surface area (Å²) in [6, 6.07) is 1.84. The predicted molar refractivity (Wildman–Crippen MR) is 68.6 cm³/mol. The molecule has 2 heterocycles. The molecule has 0 aromatic carbocycles. The Bertz CT molecular complexity index is 471. The number of nitrogens with zero attached hydrogens (tertiary/aromatic N) is 3. The molecule has 0 unspecified atom stereocenters. The van der Waals surface area contributed by atoms with E-state index in [1.54, 1.807) is 11.3 Å². The summed E-state index contributed by atoms with van der Waals surface area (Å²) in [5.41, 5.74) is 0. The normalized spacial score (nSPS) is 10.4. The molecule has 0 aliphatic heterocycles. The van der Waals surface area contributed by atoms with Crippen molar-refractivity contribution in [3.8, 4) is 0 Å². The Morgan fingerprint density at radius 1 is 1.38 bits per heavy atom. The first kappa shape index (κ1) is 11.5. The third-order valence-corrected chi connectivity index (χ3v) is 3.58. The minimum Gasteiger partial charge on any atom is -0.363 e. The van der Waals surface area contributed by atoms with Gasteiger partial charge < -0.3 is 5.32 Å². The molecule has 0 bridgehead atoms. The van der Waals surface area contributed by atoms with Crippen molar-refractivity contribution in [3.05, 3.63) is 33.1 Å². The minimum atomic E-state index is 0.703. The SMILES string of the molecule is CCc1cnc(CNc2cc(Br)ncn2)s1. The zero-order chi connectivity index (χ0) is 11.4. The number of nitrogens with one attached hydrogen (secondary N) is 1. The van der Waals surface area contributed by atoms with E-state index in [0.717, 1.165) is 21.8 Å². The summed E-state index contributed by atoms with van der Waals surface area (Å²) in [5, 5.41) is 4.28. The number of halogens is 1. The largest absolute Gasteiger partial charge is 0.363 e. The van der Waals surface area contributed by atoms with Gasteiger partial charge in [-0.25, -0.2) is 15.0 Å². The summed E-state index contributed by atoms with van der Waals surface area (Å²) in [7, 11) is 0. The van der Waals surface area contributed by atoms with Crippen molar-refractivity contribution >= 4 is 33.1 Å². The van der Waals surface area contributed by atoms with Gasteiger partial charge in [-0.1, -0.05) is 6.92 Å². The van der Waals surface area contributed by atoms with Crippen LogP contribution in [0, 0.1) is 0 Å². The van der Waals surface area contributed by atoms with Crippen LogP contribution in [-0.2, 0) is 13.0 Å². The molecule has 0 amide bonds. The molecule has 6 heteroatoms. The average molecular weight is 299 g/mol. The highest BCUT2D eigenvalue weighted by Gasteiger charge is 2.01. The van der Waals surface area contributed by atoms with Crippen LogP contribution < -0.4 is 5.32 Å². The maximum atomic E-state index is 4.33. The Kier molecular flexibility index (Phi) is 3.84. The second-order valence-corrected chi connectivity index (χ2v) is 5.17. The molecule has 2 rings (SSSR count). The van der Waals surface area contributed by atoms with Gasteiger partial charge in [0.1, 0.15) is 21.8 Å². The third kappa shape index (κ3) is 2.99. The van der Waals surface area contributed by atoms with E-state index in [2.05, 4.69) is 43.1 Å². The summed E-state index contributed by atoms with van der Waals surface area (Å²) in [4.78, 5) is 13.7. The van der Waals surface area contributed by atoms with E-state index in [1.165, 1.54) is 11.2 Å². The lowest BCUT2D eigenvalue weighted by Gasteiger charge is -2.02. The maximum Gasteiger partial charge on any atom is 0.130 e. The van der Waals surface area contributed by atoms with E-state index in [9.17, 15) is 0 Å². The molecule has 0 saturated carbocycles. The topological polar surface area (TPSA) is 50.7 Å². The van der Waals surface area contributed by atoms with E-state index in [1.807, 2.05) is 12.3 Å². The van der Waals surface area contributed by atoms with Crippen molar-refractivity contribution in [1.29, 1.82) is 0 Å². The van der Waals surface area contributed by atoms with E-state index in [0.29, 0.717) is 6.54 Å². The first-order valence-electron chi connectivity index (χ1n) is 4.93. The van der Waals surface area contributed by atoms with E-state index in [4.69, 9.17) is 0 Å². The fraction of sp³-hybridized carbons (Fsp3) is 0.300. The van der Waals surface area contributed by atoms with Gasteiger partial charge >= 0.3 is 0 Å². The first-order chi connectivity index (χ1) is 7.78. The number of anilines is 1. The molecule has 2 aromatic rings. The monoisotopic (exact) mass is 298 g/mol. The molecule has 0 saturated heterocycles. The molecular weight excluding hydrogens is 288 g/mol. The zero-order valence-corrected chi connectivity index (χ0v) is 11.2. The predicted octanol–water partition coefficient (Wildman–Crippen LogP) is 2.87. The number of thiazole rings is 1. The number of aromatic nitrogens is 3. The summed E-state index contributed by atoms with van der Waals surface area (Å²) >= 11 is 5.03. The molecule has 1 N–H and O–H groups in total. The van der Waals surface area contributed by atoms with Crippen LogP contribution in [0.5, 0.6) is 0 Å². The van der Waals surface area contributed by atoms with Gasteiger partial charge in [0.25, 0.3) is 0 Å². The molecule has 2 aromatic heterocycles. The van der Waals surface area contributed by atoms with Crippen LogP contribution in [0.3, 0.4) is 0 Å². The molecule has 0 fully saturated rings. The standard InChI is InChI=1S/C10H11BrN4S/c1-2-7-4-13-10(16-7)5-12-9-3-8(11)14-6-15-9/h3-4,6H,2,5H2,1H3,(H,12,14,15). The van der Waals surface area contributed by atoms with Gasteiger partial charge in [0.05, 0.1) is 6.54 Å². The number of aryl methyl sites for hydroxylation is 1. The second-order valence-electron chi connectivity index (χ2n) is 3.15. The van der Waals surface area contributed by atoms with Gasteiger partial charge in [-0.05, 0) is 22.4 Å². The molecule has 0 spiro atoms. The van der Waals surface area contributed by atoms with Gasteiger partial charge in [-0.3, -0.25) is 0 Å². The number of hydrogen-bond donors (Lipinski definition) is 1. The van der Waals surface area contributed by atoms with Crippen molar-refractivity contribution in [2.45, 2.75) is 19.9 Å². The summed E-state index contributed by atoms with van der Waals surface area (Å²) in [6.45, 7) is 2.83. The van der Waals surface area contributed by atoms with Gasteiger partial charge in [0, 0.05) is 17.1 Å². The highest BCUT2D eigenvalue weighted by molar-refractivity contribution is 9.10. The number of hydrogen-bond acceptors (Lipinski definition) is 5. The molecule has 0 aliphatic carbocycles. The van der Waals surface area contributed by atoms with Gasteiger partial charge in [-0.15, -0.1) is 11.3 Å². The first-order valence-corrected chi connectivity index (χ1v) is 6.54. The Labute approximate surface area is 106 Å². The van der Waals surface area contributed by atoms with Crippen molar-refractivity contribution in [2.75, 3.05) is 5.32 Å². The van der Waals surface area contributed by atoms with E-state index >= 15 is 0 Å². The smallest absolute Gasteiger partial charge is 0.130 e. The Balaban J connectivity index is 1.96. The third-order valence-electron chi connectivity index (χ3n) is 2.00. The lowest BCUT2D eigenvalue weighted by molar-refractivity contribution is 1.05. The van der Waals surface area contributed by atoms with Crippen LogP contribution in [-0.4, -0.2) is 15.0 Å². The van der Waals surface area contributed by atoms with Gasteiger partial charge in [0.2, 0.25) is 0 Å². The van der Waals surface area contributed by atoms with Crippen molar-refractivity contribution < 1.29 is 0 Å². The molecule has 0 radical (unpaired) electrons. The maximum absolute atomic E-state index is 4.33. The molecular formula is C10H11BrN4S. The minimum absolute atomic E-state index is 0.703. The Hall–Kier alpha value is -1.01. The van der Waals surface area contributed by atoms with Crippen LogP contribution in [0.4, 0.5) is 5.82 Å². The van der Waals surface area contributed by atoms with E-state index in [-0.39, 0.29) is 0 Å². The highest BCUT2D eigenvalue weighted by atomic mass is 79.9. The quantitative estimate of drug-likeness (QED) is 0.882. The average Bonchev–Trinajstić information content (AvgIpc) is 2.74. The fourth-order valence-corrected chi connectivity index (χ4v) is 2.30. The van der Waals surface area contributed by atoms with Crippen LogP contribution in [0.15, 0.2) is 23.2 Å². The Morgan fingerprint density at radius 2 is 2.25 bits per heavy atom. The summed E-state index contributed by atoms with van der Waals surface area (Å²) in [5.74, 6) is 0.801. The lowest BCUT2D eigenvalue weighted by atomic mass is 10.4. The fourth-order valence-electron chi connectivity index (χ4n) is 1.19. The molecule has 0 aliphatic rings.